The van der Waals surface area contributed by atoms with E-state index in [1.807, 2.05) is 12.3 Å². The molecule has 0 saturated carbocycles. The molecule has 1 saturated heterocycles. The van der Waals surface area contributed by atoms with Crippen LogP contribution in [0.1, 0.15) is 24.1 Å². The van der Waals surface area contributed by atoms with Gasteiger partial charge in [0.1, 0.15) is 0 Å². The predicted octanol–water partition coefficient (Wildman–Crippen LogP) is 3.87. The van der Waals surface area contributed by atoms with Crippen LogP contribution < -0.4 is 0 Å². The molecule has 0 aliphatic carbocycles. The van der Waals surface area contributed by atoms with Gasteiger partial charge in [-0.2, -0.15) is 5.21 Å². The lowest BCUT2D eigenvalue weighted by molar-refractivity contribution is 0.177. The number of nitrogens with zero attached hydrogens (tertiary/aromatic N) is 5. The van der Waals surface area contributed by atoms with Crippen LogP contribution in [0.2, 0.25) is 0 Å². The first-order valence-electron chi connectivity index (χ1n) is 10.2. The van der Waals surface area contributed by atoms with Crippen molar-refractivity contribution in [2.45, 2.75) is 25.8 Å². The maximum absolute atomic E-state index is 4.49. The molecule has 0 spiro atoms. The summed E-state index contributed by atoms with van der Waals surface area (Å²) in [6, 6.07) is 19.1. The summed E-state index contributed by atoms with van der Waals surface area (Å²) in [6.07, 6.45) is 5.45. The Morgan fingerprint density at radius 2 is 1.76 bits per heavy atom. The number of aromatic nitrogens is 5. The number of likely N-dealkylation sites (tertiary alicyclic amines) is 1. The molecular formula is C23H24N6. The Bertz CT molecular complexity index is 1070. The van der Waals surface area contributed by atoms with Crippen LogP contribution in [0, 0.1) is 5.92 Å². The smallest absolute Gasteiger partial charge is 0.205 e. The highest BCUT2D eigenvalue weighted by atomic mass is 15.5. The van der Waals surface area contributed by atoms with Crippen LogP contribution >= 0.6 is 0 Å². The fraction of sp³-hybridized carbons (Fsp3) is 0.304. The predicted molar refractivity (Wildman–Crippen MR) is 113 cm³/mol. The minimum atomic E-state index is 0.642. The molecule has 2 aromatic heterocycles. The van der Waals surface area contributed by atoms with E-state index in [0.717, 1.165) is 37.5 Å². The van der Waals surface area contributed by atoms with E-state index in [9.17, 15) is 0 Å². The van der Waals surface area contributed by atoms with Crippen molar-refractivity contribution in [2.24, 2.45) is 5.92 Å². The van der Waals surface area contributed by atoms with E-state index in [-0.39, 0.29) is 0 Å². The summed E-state index contributed by atoms with van der Waals surface area (Å²) in [5.41, 5.74) is 3.59. The van der Waals surface area contributed by atoms with E-state index in [1.165, 1.54) is 34.9 Å². The van der Waals surface area contributed by atoms with Gasteiger partial charge in [-0.25, -0.2) is 0 Å². The molecule has 3 heterocycles. The summed E-state index contributed by atoms with van der Waals surface area (Å²) in [6.45, 7) is 3.25. The SMILES string of the molecule is c1ccc(CC2CCN(Cc3ccc(-c4nn[nH]n4)c4ccccc34)CC2)nc1. The molecule has 6 heteroatoms. The average Bonchev–Trinajstić information content (AvgIpc) is 3.31. The molecule has 29 heavy (non-hydrogen) atoms. The van der Waals surface area contributed by atoms with E-state index >= 15 is 0 Å². The van der Waals surface area contributed by atoms with Gasteiger partial charge in [-0.15, -0.1) is 10.2 Å². The zero-order valence-corrected chi connectivity index (χ0v) is 16.3. The highest BCUT2D eigenvalue weighted by molar-refractivity contribution is 5.97. The van der Waals surface area contributed by atoms with Gasteiger partial charge < -0.3 is 0 Å². The second-order valence-corrected chi connectivity index (χ2v) is 7.80. The number of nitrogens with one attached hydrogen (secondary N) is 1. The first-order chi connectivity index (χ1) is 14.4. The minimum Gasteiger partial charge on any atom is -0.299 e. The van der Waals surface area contributed by atoms with Gasteiger partial charge in [-0.1, -0.05) is 42.5 Å². The number of hydrogen-bond acceptors (Lipinski definition) is 5. The fourth-order valence-electron chi connectivity index (χ4n) is 4.37. The van der Waals surface area contributed by atoms with Gasteiger partial charge in [-0.05, 0) is 72.0 Å². The molecule has 0 atom stereocenters. The van der Waals surface area contributed by atoms with Crippen LogP contribution in [-0.2, 0) is 13.0 Å². The lowest BCUT2D eigenvalue weighted by Crippen LogP contribution is -2.34. The number of aromatic amines is 1. The Labute approximate surface area is 170 Å². The van der Waals surface area contributed by atoms with Gasteiger partial charge in [0.25, 0.3) is 0 Å². The average molecular weight is 384 g/mol. The van der Waals surface area contributed by atoms with Crippen molar-refractivity contribution in [3.05, 3.63) is 72.1 Å². The van der Waals surface area contributed by atoms with E-state index in [4.69, 9.17) is 0 Å². The van der Waals surface area contributed by atoms with Crippen LogP contribution in [0.5, 0.6) is 0 Å². The standard InChI is InChI=1S/C23H24N6/c1-2-7-21-20(6-1)18(8-9-22(21)23-25-27-28-26-23)16-29-13-10-17(11-14-29)15-19-5-3-4-12-24-19/h1-9,12,17H,10-11,13-16H2,(H,25,26,27,28). The zero-order valence-electron chi connectivity index (χ0n) is 16.3. The van der Waals surface area contributed by atoms with Crippen molar-refractivity contribution in [3.8, 4) is 11.4 Å². The highest BCUT2D eigenvalue weighted by Gasteiger charge is 2.21. The lowest BCUT2D eigenvalue weighted by atomic mass is 9.91. The number of tetrazole rings is 1. The van der Waals surface area contributed by atoms with Gasteiger partial charge >= 0.3 is 0 Å². The summed E-state index contributed by atoms with van der Waals surface area (Å²) in [5.74, 6) is 1.38. The Hall–Kier alpha value is -3.12. The third-order valence-corrected chi connectivity index (χ3v) is 5.93. The Balaban J connectivity index is 1.30. The zero-order chi connectivity index (χ0) is 19.5. The molecule has 1 N–H and O–H groups in total. The summed E-state index contributed by atoms with van der Waals surface area (Å²) >= 11 is 0. The maximum atomic E-state index is 4.49. The van der Waals surface area contributed by atoms with Crippen LogP contribution in [-0.4, -0.2) is 43.6 Å². The molecule has 0 bridgehead atoms. The Kier molecular flexibility index (Phi) is 5.01. The molecule has 5 rings (SSSR count). The van der Waals surface area contributed by atoms with Crippen molar-refractivity contribution in [2.75, 3.05) is 13.1 Å². The number of fused-ring (bicyclic) bond motifs is 1. The van der Waals surface area contributed by atoms with Crippen molar-refractivity contribution >= 4 is 10.8 Å². The van der Waals surface area contributed by atoms with E-state index in [2.05, 4.69) is 79.0 Å². The van der Waals surface area contributed by atoms with Gasteiger partial charge in [-0.3, -0.25) is 9.88 Å². The minimum absolute atomic E-state index is 0.642. The number of rotatable bonds is 5. The molecule has 1 fully saturated rings. The molecule has 0 amide bonds. The molecule has 146 valence electrons. The van der Waals surface area contributed by atoms with Gasteiger partial charge in [0, 0.05) is 24.0 Å². The van der Waals surface area contributed by atoms with Crippen LogP contribution in [0.25, 0.3) is 22.2 Å². The van der Waals surface area contributed by atoms with Crippen LogP contribution in [0.3, 0.4) is 0 Å². The molecule has 4 aromatic rings. The normalized spacial score (nSPS) is 15.7. The van der Waals surface area contributed by atoms with Gasteiger partial charge in [0.2, 0.25) is 5.82 Å². The second kappa shape index (κ2) is 8.09. The largest absolute Gasteiger partial charge is 0.299 e. The lowest BCUT2D eigenvalue weighted by Gasteiger charge is -2.32. The molecule has 0 unspecified atom stereocenters. The van der Waals surface area contributed by atoms with Crippen molar-refractivity contribution in [1.82, 2.24) is 30.5 Å². The van der Waals surface area contributed by atoms with E-state index in [0.29, 0.717) is 5.82 Å². The van der Waals surface area contributed by atoms with Gasteiger partial charge in [0.05, 0.1) is 0 Å². The third kappa shape index (κ3) is 3.89. The number of hydrogen-bond donors (Lipinski definition) is 1. The first-order valence-corrected chi connectivity index (χ1v) is 10.2. The molecule has 1 aliphatic heterocycles. The van der Waals surface area contributed by atoms with Gasteiger partial charge in [0.15, 0.2) is 0 Å². The molecule has 0 radical (unpaired) electrons. The van der Waals surface area contributed by atoms with Crippen LogP contribution in [0.4, 0.5) is 0 Å². The monoisotopic (exact) mass is 384 g/mol. The fourth-order valence-corrected chi connectivity index (χ4v) is 4.37. The number of H-pyrrole nitrogens is 1. The molecule has 6 nitrogen and oxygen atoms in total. The molecular weight excluding hydrogens is 360 g/mol. The van der Waals surface area contributed by atoms with E-state index in [1.54, 1.807) is 0 Å². The van der Waals surface area contributed by atoms with Crippen LogP contribution in [0.15, 0.2) is 60.8 Å². The summed E-state index contributed by atoms with van der Waals surface area (Å²) in [5, 5.41) is 17.0. The topological polar surface area (TPSA) is 70.6 Å². The third-order valence-electron chi connectivity index (χ3n) is 5.93. The molecule has 2 aromatic carbocycles. The van der Waals surface area contributed by atoms with Crippen molar-refractivity contribution in [3.63, 3.8) is 0 Å². The molecule has 1 aliphatic rings. The highest BCUT2D eigenvalue weighted by Crippen LogP contribution is 2.30. The number of piperidine rings is 1. The second-order valence-electron chi connectivity index (χ2n) is 7.80. The Morgan fingerprint density at radius 3 is 2.52 bits per heavy atom. The quantitative estimate of drug-likeness (QED) is 0.566. The summed E-state index contributed by atoms with van der Waals surface area (Å²) < 4.78 is 0. The maximum Gasteiger partial charge on any atom is 0.205 e. The first kappa shape index (κ1) is 17.9. The number of benzene rings is 2. The summed E-state index contributed by atoms with van der Waals surface area (Å²) in [4.78, 5) is 7.07. The van der Waals surface area contributed by atoms with E-state index < -0.39 is 0 Å². The van der Waals surface area contributed by atoms with Crippen molar-refractivity contribution < 1.29 is 0 Å². The number of pyridine rings is 1. The summed E-state index contributed by atoms with van der Waals surface area (Å²) in [7, 11) is 0. The van der Waals surface area contributed by atoms with Crippen molar-refractivity contribution in [1.29, 1.82) is 0 Å². The Morgan fingerprint density at radius 1 is 0.931 bits per heavy atom.